The molecule has 0 saturated carbocycles. The van der Waals surface area contributed by atoms with Gasteiger partial charge in [-0.3, -0.25) is 4.99 Å². The van der Waals surface area contributed by atoms with Gasteiger partial charge in [-0.2, -0.15) is 0 Å². The van der Waals surface area contributed by atoms with Gasteiger partial charge in [0.05, 0.1) is 14.6 Å². The second-order valence-electron chi connectivity index (χ2n) is 6.07. The Labute approximate surface area is 171 Å². The number of benzene rings is 3. The second-order valence-corrected chi connectivity index (χ2v) is 7.77. The number of aryl methyl sites for hydroxylation is 1. The van der Waals surface area contributed by atoms with Crippen LogP contribution in [-0.2, 0) is 6.61 Å². The summed E-state index contributed by atoms with van der Waals surface area (Å²) < 4.78 is 7.76. The maximum atomic E-state index is 5.97. The molecule has 0 N–H and O–H groups in total. The first kappa shape index (κ1) is 18.9. The molecule has 3 aromatic carbocycles. The van der Waals surface area contributed by atoms with Crippen molar-refractivity contribution in [2.45, 2.75) is 20.5 Å². The molecule has 0 radical (unpaired) electrons. The average molecular weight is 473 g/mol. The largest absolute Gasteiger partial charge is 0.487 e. The van der Waals surface area contributed by atoms with E-state index in [1.165, 1.54) is 11.1 Å². The van der Waals surface area contributed by atoms with Gasteiger partial charge < -0.3 is 4.74 Å². The molecule has 26 heavy (non-hydrogen) atoms. The molecule has 0 aliphatic rings. The van der Waals surface area contributed by atoms with Crippen LogP contribution in [0.15, 0.2) is 74.6 Å². The normalized spacial score (nSPS) is 11.1. The second kappa shape index (κ2) is 8.65. The van der Waals surface area contributed by atoms with Gasteiger partial charge >= 0.3 is 0 Å². The fraction of sp³-hybridized carbons (Fsp3) is 0.136. The van der Waals surface area contributed by atoms with Crippen molar-refractivity contribution in [3.05, 3.63) is 91.9 Å². The maximum absolute atomic E-state index is 5.97. The predicted molar refractivity (Wildman–Crippen MR) is 116 cm³/mol. The van der Waals surface area contributed by atoms with Crippen molar-refractivity contribution in [1.29, 1.82) is 0 Å². The summed E-state index contributed by atoms with van der Waals surface area (Å²) in [6.45, 7) is 4.71. The monoisotopic (exact) mass is 471 g/mol. The molecule has 2 nitrogen and oxygen atoms in total. The molecule has 3 aromatic rings. The van der Waals surface area contributed by atoms with E-state index in [1.54, 1.807) is 0 Å². The molecule has 0 amide bonds. The zero-order valence-electron chi connectivity index (χ0n) is 14.7. The Morgan fingerprint density at radius 1 is 0.923 bits per heavy atom. The van der Waals surface area contributed by atoms with Gasteiger partial charge in [0.2, 0.25) is 0 Å². The Kier molecular flexibility index (Phi) is 6.28. The van der Waals surface area contributed by atoms with Gasteiger partial charge in [0.25, 0.3) is 0 Å². The van der Waals surface area contributed by atoms with Gasteiger partial charge in [-0.05, 0) is 86.2 Å². The molecular weight excluding hydrogens is 454 g/mol. The summed E-state index contributed by atoms with van der Waals surface area (Å²) in [6.07, 6.45) is 1.87. The van der Waals surface area contributed by atoms with E-state index in [0.717, 1.165) is 31.5 Å². The molecule has 0 fully saturated rings. The van der Waals surface area contributed by atoms with Gasteiger partial charge in [0, 0.05) is 6.21 Å². The molecule has 0 aliphatic heterocycles. The van der Waals surface area contributed by atoms with E-state index in [2.05, 4.69) is 56.8 Å². The van der Waals surface area contributed by atoms with Crippen molar-refractivity contribution in [1.82, 2.24) is 0 Å². The van der Waals surface area contributed by atoms with E-state index in [9.17, 15) is 0 Å². The van der Waals surface area contributed by atoms with Gasteiger partial charge in [0.1, 0.15) is 12.4 Å². The van der Waals surface area contributed by atoms with Crippen LogP contribution in [0.2, 0.25) is 0 Å². The van der Waals surface area contributed by atoms with Crippen LogP contribution in [0.1, 0.15) is 22.3 Å². The van der Waals surface area contributed by atoms with Gasteiger partial charge in [-0.1, -0.05) is 42.5 Å². The van der Waals surface area contributed by atoms with Gasteiger partial charge in [0.15, 0.2) is 0 Å². The molecule has 132 valence electrons. The van der Waals surface area contributed by atoms with E-state index in [1.807, 2.05) is 60.8 Å². The summed E-state index contributed by atoms with van der Waals surface area (Å²) >= 11 is 7.21. The van der Waals surface area contributed by atoms with Crippen molar-refractivity contribution in [3.8, 4) is 5.75 Å². The van der Waals surface area contributed by atoms with Crippen LogP contribution in [0.25, 0.3) is 0 Å². The molecule has 0 aromatic heterocycles. The van der Waals surface area contributed by atoms with E-state index in [-0.39, 0.29) is 0 Å². The van der Waals surface area contributed by atoms with E-state index in [4.69, 9.17) is 4.74 Å². The third kappa shape index (κ3) is 4.63. The third-order valence-corrected chi connectivity index (χ3v) is 5.35. The van der Waals surface area contributed by atoms with E-state index < -0.39 is 0 Å². The predicted octanol–water partition coefficient (Wildman–Crippen LogP) is 7.16. The minimum Gasteiger partial charge on any atom is -0.487 e. The number of halogens is 2. The SMILES string of the molecule is Cc1cccc(N=Cc2cc(Br)c(OCc3ccccc3)c(Br)c2)c1C. The molecule has 4 heteroatoms. The zero-order valence-corrected chi connectivity index (χ0v) is 17.8. The highest BCUT2D eigenvalue weighted by molar-refractivity contribution is 9.11. The average Bonchev–Trinajstić information content (AvgIpc) is 2.63. The van der Waals surface area contributed by atoms with Crippen LogP contribution in [0, 0.1) is 13.8 Å². The minimum atomic E-state index is 0.522. The van der Waals surface area contributed by atoms with Crippen LogP contribution in [0.3, 0.4) is 0 Å². The van der Waals surface area contributed by atoms with Crippen LogP contribution < -0.4 is 4.74 Å². The maximum Gasteiger partial charge on any atom is 0.148 e. The number of hydrogen-bond acceptors (Lipinski definition) is 2. The van der Waals surface area contributed by atoms with Crippen molar-refractivity contribution < 1.29 is 4.74 Å². The van der Waals surface area contributed by atoms with Crippen LogP contribution >= 0.6 is 31.9 Å². The number of rotatable bonds is 5. The molecule has 0 unspecified atom stereocenters. The fourth-order valence-electron chi connectivity index (χ4n) is 2.54. The Balaban J connectivity index is 1.78. The summed E-state index contributed by atoms with van der Waals surface area (Å²) in [7, 11) is 0. The highest BCUT2D eigenvalue weighted by Gasteiger charge is 2.09. The van der Waals surface area contributed by atoms with Gasteiger partial charge in [-0.15, -0.1) is 0 Å². The number of nitrogens with zero attached hydrogens (tertiary/aromatic N) is 1. The molecule has 0 bridgehead atoms. The standard InChI is InChI=1S/C22H19Br2NO/c1-15-7-6-10-21(16(15)2)25-13-18-11-19(23)22(20(24)12-18)26-14-17-8-4-3-5-9-17/h3-13H,14H2,1-2H3. The van der Waals surface area contributed by atoms with Crippen molar-refractivity contribution in [3.63, 3.8) is 0 Å². The molecule has 0 saturated heterocycles. The van der Waals surface area contributed by atoms with Gasteiger partial charge in [-0.25, -0.2) is 0 Å². The Morgan fingerprint density at radius 3 is 2.31 bits per heavy atom. The summed E-state index contributed by atoms with van der Waals surface area (Å²) in [5.41, 5.74) is 5.56. The molecule has 0 spiro atoms. The number of hydrogen-bond donors (Lipinski definition) is 0. The minimum absolute atomic E-state index is 0.522. The summed E-state index contributed by atoms with van der Waals surface area (Å²) in [5.74, 6) is 0.790. The summed E-state index contributed by atoms with van der Waals surface area (Å²) in [5, 5.41) is 0. The van der Waals surface area contributed by atoms with Crippen LogP contribution in [0.4, 0.5) is 5.69 Å². The van der Waals surface area contributed by atoms with Crippen molar-refractivity contribution in [2.24, 2.45) is 4.99 Å². The lowest BCUT2D eigenvalue weighted by molar-refractivity contribution is 0.302. The first-order chi connectivity index (χ1) is 12.5. The zero-order chi connectivity index (χ0) is 18.5. The molecule has 3 rings (SSSR count). The van der Waals surface area contributed by atoms with Crippen molar-refractivity contribution >= 4 is 43.8 Å². The lowest BCUT2D eigenvalue weighted by Crippen LogP contribution is -1.97. The Bertz CT molecular complexity index is 913. The molecular formula is C22H19Br2NO. The number of aliphatic imine (C=N–C) groups is 1. The Hall–Kier alpha value is -1.91. The topological polar surface area (TPSA) is 21.6 Å². The molecule has 0 atom stereocenters. The van der Waals surface area contributed by atoms with Crippen molar-refractivity contribution in [2.75, 3.05) is 0 Å². The number of ether oxygens (including phenoxy) is 1. The smallest absolute Gasteiger partial charge is 0.148 e. The lowest BCUT2D eigenvalue weighted by atomic mass is 10.1. The third-order valence-electron chi connectivity index (χ3n) is 4.18. The summed E-state index contributed by atoms with van der Waals surface area (Å²) in [4.78, 5) is 4.63. The first-order valence-electron chi connectivity index (χ1n) is 8.30. The quantitative estimate of drug-likeness (QED) is 0.361. The highest BCUT2D eigenvalue weighted by atomic mass is 79.9. The van der Waals surface area contributed by atoms with E-state index in [0.29, 0.717) is 6.61 Å². The lowest BCUT2D eigenvalue weighted by Gasteiger charge is -2.11. The van der Waals surface area contributed by atoms with Crippen LogP contribution in [0.5, 0.6) is 5.75 Å². The molecule has 0 heterocycles. The van der Waals surface area contributed by atoms with E-state index >= 15 is 0 Å². The van der Waals surface area contributed by atoms with Crippen LogP contribution in [-0.4, -0.2) is 6.21 Å². The summed E-state index contributed by atoms with van der Waals surface area (Å²) in [6, 6.07) is 20.3. The highest BCUT2D eigenvalue weighted by Crippen LogP contribution is 2.35. The molecule has 0 aliphatic carbocycles. The first-order valence-corrected chi connectivity index (χ1v) is 9.89. The fourth-order valence-corrected chi connectivity index (χ4v) is 3.99. The Morgan fingerprint density at radius 2 is 1.62 bits per heavy atom.